The zero-order valence-electron chi connectivity index (χ0n) is 21.1. The van der Waals surface area contributed by atoms with E-state index < -0.39 is 40.2 Å². The van der Waals surface area contributed by atoms with Gasteiger partial charge >= 0.3 is 11.9 Å². The first-order chi connectivity index (χ1) is 16.4. The Hall–Kier alpha value is -2.48. The van der Waals surface area contributed by atoms with E-state index in [1.807, 2.05) is 39.0 Å². The fraction of sp³-hybridized carbons (Fsp3) is 0.571. The molecular formula is C28H36O7. The molecule has 1 aromatic carbocycles. The molecule has 35 heavy (non-hydrogen) atoms. The molecule has 2 fully saturated rings. The molecule has 1 aromatic rings. The van der Waals surface area contributed by atoms with Crippen LogP contribution in [-0.4, -0.2) is 59.3 Å². The van der Waals surface area contributed by atoms with E-state index in [0.29, 0.717) is 18.4 Å². The zero-order chi connectivity index (χ0) is 25.6. The van der Waals surface area contributed by atoms with Crippen LogP contribution in [0.25, 0.3) is 0 Å². The molecule has 7 atom stereocenters. The van der Waals surface area contributed by atoms with Crippen LogP contribution in [0, 0.1) is 16.7 Å². The van der Waals surface area contributed by atoms with Gasteiger partial charge in [-0.3, -0.25) is 0 Å². The number of fused-ring (bicyclic) bond motifs is 1. The fourth-order valence-electron chi connectivity index (χ4n) is 6.59. The van der Waals surface area contributed by atoms with Gasteiger partial charge in [0.2, 0.25) is 0 Å². The Morgan fingerprint density at radius 2 is 1.83 bits per heavy atom. The number of methoxy groups -OCH3 is 1. The zero-order valence-corrected chi connectivity index (χ0v) is 21.1. The van der Waals surface area contributed by atoms with Crippen LogP contribution >= 0.6 is 0 Å². The maximum atomic E-state index is 13.1. The monoisotopic (exact) mass is 484 g/mol. The molecule has 7 nitrogen and oxygen atoms in total. The summed E-state index contributed by atoms with van der Waals surface area (Å²) in [4.78, 5) is 24.7. The minimum Gasteiger partial charge on any atom is -0.458 e. The third kappa shape index (κ3) is 3.94. The van der Waals surface area contributed by atoms with Gasteiger partial charge in [-0.25, -0.2) is 9.59 Å². The summed E-state index contributed by atoms with van der Waals surface area (Å²) in [7, 11) is 1.57. The second-order valence-corrected chi connectivity index (χ2v) is 10.9. The highest BCUT2D eigenvalue weighted by Gasteiger charge is 2.71. The van der Waals surface area contributed by atoms with Crippen molar-refractivity contribution in [2.75, 3.05) is 13.7 Å². The van der Waals surface area contributed by atoms with Gasteiger partial charge in [0.15, 0.2) is 0 Å². The van der Waals surface area contributed by atoms with Crippen molar-refractivity contribution in [1.29, 1.82) is 0 Å². The van der Waals surface area contributed by atoms with Crippen molar-refractivity contribution in [3.05, 3.63) is 59.7 Å². The molecule has 0 amide bonds. The van der Waals surface area contributed by atoms with Gasteiger partial charge in [0.05, 0.1) is 22.9 Å². The number of aliphatic hydroxyl groups is 2. The number of benzene rings is 1. The van der Waals surface area contributed by atoms with Crippen LogP contribution in [0.4, 0.5) is 0 Å². The van der Waals surface area contributed by atoms with Crippen molar-refractivity contribution in [3.8, 4) is 0 Å². The van der Waals surface area contributed by atoms with Crippen molar-refractivity contribution in [2.24, 2.45) is 16.7 Å². The predicted octanol–water partition coefficient (Wildman–Crippen LogP) is 3.59. The standard InChI is InChI=1S/C28H36O7/c1-25(14-13-18-15-23(30)34-17-18)20-11-12-21(29)28(4,33-5)27(20,3)22(16-26(25,2)32)35-24(31)19-9-7-6-8-10-19/h6-10,13-15,20-22,29,32H,11-12,16-17H2,1-5H3/b14-13+/t20-,21-,22+,25-,26+,27+,28+/m1/s1. The molecule has 0 bridgehead atoms. The van der Waals surface area contributed by atoms with E-state index >= 15 is 0 Å². The number of cyclic esters (lactones) is 1. The summed E-state index contributed by atoms with van der Waals surface area (Å²) in [6.45, 7) is 7.81. The highest BCUT2D eigenvalue weighted by atomic mass is 16.6. The lowest BCUT2D eigenvalue weighted by Crippen LogP contribution is -2.74. The fourth-order valence-corrected chi connectivity index (χ4v) is 6.59. The van der Waals surface area contributed by atoms with E-state index in [4.69, 9.17) is 14.2 Å². The maximum absolute atomic E-state index is 13.1. The highest BCUT2D eigenvalue weighted by Crippen LogP contribution is 2.66. The van der Waals surface area contributed by atoms with Crippen molar-refractivity contribution >= 4 is 11.9 Å². The van der Waals surface area contributed by atoms with Gasteiger partial charge in [-0.05, 0) is 50.3 Å². The first-order valence-corrected chi connectivity index (χ1v) is 12.2. The third-order valence-corrected chi connectivity index (χ3v) is 9.31. The molecule has 1 heterocycles. The van der Waals surface area contributed by atoms with Crippen molar-refractivity contribution in [3.63, 3.8) is 0 Å². The average molecular weight is 485 g/mol. The van der Waals surface area contributed by atoms with Gasteiger partial charge in [-0.1, -0.05) is 44.2 Å². The molecule has 0 spiro atoms. The molecule has 4 rings (SSSR count). The van der Waals surface area contributed by atoms with Gasteiger partial charge in [-0.2, -0.15) is 0 Å². The molecule has 0 aromatic heterocycles. The average Bonchev–Trinajstić information content (AvgIpc) is 3.25. The van der Waals surface area contributed by atoms with Gasteiger partial charge < -0.3 is 24.4 Å². The van der Waals surface area contributed by atoms with E-state index in [1.54, 1.807) is 38.3 Å². The smallest absolute Gasteiger partial charge is 0.338 e. The minimum absolute atomic E-state index is 0.152. The summed E-state index contributed by atoms with van der Waals surface area (Å²) in [6.07, 6.45) is 4.98. The molecule has 2 saturated carbocycles. The van der Waals surface area contributed by atoms with E-state index in [0.717, 1.165) is 5.57 Å². The van der Waals surface area contributed by atoms with Gasteiger partial charge in [-0.15, -0.1) is 0 Å². The molecule has 3 aliphatic rings. The first kappa shape index (κ1) is 25.6. The molecule has 0 radical (unpaired) electrons. The molecule has 0 saturated heterocycles. The molecular weight excluding hydrogens is 448 g/mol. The van der Waals surface area contributed by atoms with Crippen LogP contribution in [0.3, 0.4) is 0 Å². The Morgan fingerprint density at radius 1 is 1.14 bits per heavy atom. The summed E-state index contributed by atoms with van der Waals surface area (Å²) >= 11 is 0. The molecule has 1 aliphatic heterocycles. The lowest BCUT2D eigenvalue weighted by molar-refractivity contribution is -0.295. The van der Waals surface area contributed by atoms with Crippen LogP contribution in [0.2, 0.25) is 0 Å². The van der Waals surface area contributed by atoms with Gasteiger partial charge in [0.1, 0.15) is 12.7 Å². The number of esters is 2. The minimum atomic E-state index is -1.25. The Morgan fingerprint density at radius 3 is 2.43 bits per heavy atom. The van der Waals surface area contributed by atoms with Crippen molar-refractivity contribution in [2.45, 2.75) is 70.4 Å². The largest absolute Gasteiger partial charge is 0.458 e. The van der Waals surface area contributed by atoms with Crippen molar-refractivity contribution < 1.29 is 34.0 Å². The Bertz CT molecular complexity index is 1040. The van der Waals surface area contributed by atoms with E-state index in [1.165, 1.54) is 6.08 Å². The van der Waals surface area contributed by atoms with Crippen LogP contribution in [0.1, 0.15) is 57.3 Å². The Labute approximate surface area is 206 Å². The second kappa shape index (κ2) is 8.87. The lowest BCUT2D eigenvalue weighted by Gasteiger charge is -2.67. The Balaban J connectivity index is 1.79. The normalized spacial score (nSPS) is 41.3. The molecule has 0 unspecified atom stereocenters. The number of hydrogen-bond donors (Lipinski definition) is 2. The molecule has 7 heteroatoms. The SMILES string of the molecule is CO[C@@]1(C)[C@H](O)CC[C@H]2[C@@]1(C)[C@@H](OC(=O)c1ccccc1)C[C@](C)(O)[C@]2(C)/C=C/C1=CC(=O)OC1. The highest BCUT2D eigenvalue weighted by molar-refractivity contribution is 5.89. The second-order valence-electron chi connectivity index (χ2n) is 10.9. The van der Waals surface area contributed by atoms with Crippen LogP contribution < -0.4 is 0 Å². The van der Waals surface area contributed by atoms with E-state index in [-0.39, 0.29) is 24.9 Å². The molecule has 2 aliphatic carbocycles. The summed E-state index contributed by atoms with van der Waals surface area (Å²) in [5.74, 6) is -1.07. The van der Waals surface area contributed by atoms with Crippen LogP contribution in [0.5, 0.6) is 0 Å². The first-order valence-electron chi connectivity index (χ1n) is 12.2. The number of hydrogen-bond acceptors (Lipinski definition) is 7. The summed E-state index contributed by atoms with van der Waals surface area (Å²) in [6, 6.07) is 8.76. The Kier molecular flexibility index (Phi) is 6.49. The summed E-state index contributed by atoms with van der Waals surface area (Å²) in [5, 5.41) is 23.0. The number of rotatable bonds is 5. The molecule has 2 N–H and O–H groups in total. The predicted molar refractivity (Wildman–Crippen MR) is 129 cm³/mol. The number of ether oxygens (including phenoxy) is 3. The van der Waals surface area contributed by atoms with Crippen LogP contribution in [-0.2, 0) is 19.0 Å². The lowest BCUT2D eigenvalue weighted by atomic mass is 9.41. The van der Waals surface area contributed by atoms with Gasteiger partial charge in [0, 0.05) is 30.4 Å². The number of carbonyl (C=O) groups excluding carboxylic acids is 2. The van der Waals surface area contributed by atoms with E-state index in [9.17, 15) is 19.8 Å². The number of carbonyl (C=O) groups is 2. The third-order valence-electron chi connectivity index (χ3n) is 9.31. The summed E-state index contributed by atoms with van der Waals surface area (Å²) < 4.78 is 17.2. The quantitative estimate of drug-likeness (QED) is 0.616. The number of aliphatic hydroxyl groups excluding tert-OH is 1. The summed E-state index contributed by atoms with van der Waals surface area (Å²) in [5.41, 5.74) is -2.73. The topological polar surface area (TPSA) is 102 Å². The maximum Gasteiger partial charge on any atom is 0.338 e. The van der Waals surface area contributed by atoms with Crippen LogP contribution in [0.15, 0.2) is 54.1 Å². The van der Waals surface area contributed by atoms with E-state index in [2.05, 4.69) is 0 Å². The van der Waals surface area contributed by atoms with Crippen molar-refractivity contribution in [1.82, 2.24) is 0 Å². The molecule has 190 valence electrons. The van der Waals surface area contributed by atoms with Gasteiger partial charge in [0.25, 0.3) is 0 Å².